The minimum absolute atomic E-state index is 0.296. The number of hydrogen-bond acceptors (Lipinski definition) is 3. The Labute approximate surface area is 208 Å². The summed E-state index contributed by atoms with van der Waals surface area (Å²) < 4.78 is 0. The summed E-state index contributed by atoms with van der Waals surface area (Å²) >= 11 is 0. The normalized spacial score (nSPS) is 35.2. The van der Waals surface area contributed by atoms with E-state index in [1.54, 1.807) is 0 Å². The molecule has 0 spiro atoms. The van der Waals surface area contributed by atoms with Gasteiger partial charge in [0, 0.05) is 18.8 Å². The van der Waals surface area contributed by atoms with E-state index in [-0.39, 0.29) is 0 Å². The van der Waals surface area contributed by atoms with Crippen LogP contribution < -0.4 is 0 Å². The average molecular weight is 469 g/mol. The zero-order chi connectivity index (χ0) is 24.9. The van der Waals surface area contributed by atoms with Gasteiger partial charge in [0.25, 0.3) is 0 Å². The van der Waals surface area contributed by atoms with Crippen LogP contribution in [0.3, 0.4) is 0 Å². The lowest BCUT2D eigenvalue weighted by Gasteiger charge is -2.43. The fraction of sp³-hybridized carbons (Fsp3) is 0.742. The van der Waals surface area contributed by atoms with Crippen LogP contribution in [0.25, 0.3) is 0 Å². The van der Waals surface area contributed by atoms with Crippen molar-refractivity contribution in [3.8, 4) is 11.8 Å². The zero-order valence-electron chi connectivity index (χ0n) is 22.1. The maximum absolute atomic E-state index is 10.5. The van der Waals surface area contributed by atoms with Crippen LogP contribution in [0.4, 0.5) is 0 Å². The smallest absolute Gasteiger partial charge is 0.0811 e. The molecule has 0 aliphatic heterocycles. The third-order valence-corrected chi connectivity index (χ3v) is 9.50. The number of aliphatic hydroxyl groups excluding tert-OH is 2. The Morgan fingerprint density at radius 2 is 1.94 bits per heavy atom. The molecule has 3 heteroatoms. The lowest BCUT2D eigenvalue weighted by atomic mass is 9.61. The first-order chi connectivity index (χ1) is 16.1. The Balaban J connectivity index is 1.64. The van der Waals surface area contributed by atoms with E-state index >= 15 is 0 Å². The first-order valence-corrected chi connectivity index (χ1v) is 13.8. The van der Waals surface area contributed by atoms with Crippen molar-refractivity contribution in [3.63, 3.8) is 0 Å². The maximum atomic E-state index is 10.5. The fourth-order valence-electron chi connectivity index (χ4n) is 7.01. The number of hydrogen-bond donors (Lipinski definition) is 3. The van der Waals surface area contributed by atoms with Crippen molar-refractivity contribution in [1.29, 1.82) is 0 Å². The van der Waals surface area contributed by atoms with Gasteiger partial charge in [-0.05, 0) is 92.6 Å². The van der Waals surface area contributed by atoms with Gasteiger partial charge in [0.15, 0.2) is 0 Å². The highest BCUT2D eigenvalue weighted by Crippen LogP contribution is 2.59. The quantitative estimate of drug-likeness (QED) is 0.296. The molecule has 0 aromatic rings. The van der Waals surface area contributed by atoms with Crippen molar-refractivity contribution in [2.24, 2.45) is 23.2 Å². The molecule has 0 saturated heterocycles. The standard InChI is InChI=1S/C31H48O3/c1-6-31(34,7-2)19-10-8-9-12-22(3)27-16-17-28-24(13-11-18-30(27,28)5)14-15-25-20-26(32)21-29(33)23(25)4/h14-15,22,26-29,32-34H,4,6-8,10-11,13,16-21H2,1-3,5H3/b24-14+,25-15-/t22-,26+,27+,28-,29-,30+/m0/s1. The van der Waals surface area contributed by atoms with E-state index in [0.717, 1.165) is 49.7 Å². The van der Waals surface area contributed by atoms with Gasteiger partial charge in [0.1, 0.15) is 0 Å². The molecule has 0 aromatic carbocycles. The molecule has 0 bridgehead atoms. The lowest BCUT2D eigenvalue weighted by Crippen LogP contribution is -2.35. The van der Waals surface area contributed by atoms with Gasteiger partial charge in [0.05, 0.1) is 17.8 Å². The van der Waals surface area contributed by atoms with Crippen molar-refractivity contribution < 1.29 is 15.3 Å². The molecule has 3 rings (SSSR count). The molecular formula is C31H48O3. The van der Waals surface area contributed by atoms with E-state index in [1.165, 1.54) is 31.3 Å². The third kappa shape index (κ3) is 6.07. The predicted molar refractivity (Wildman–Crippen MR) is 141 cm³/mol. The Kier molecular flexibility index (Phi) is 9.29. The Morgan fingerprint density at radius 1 is 1.21 bits per heavy atom. The minimum Gasteiger partial charge on any atom is -0.393 e. The highest BCUT2D eigenvalue weighted by molar-refractivity contribution is 5.38. The van der Waals surface area contributed by atoms with Gasteiger partial charge >= 0.3 is 0 Å². The van der Waals surface area contributed by atoms with Gasteiger partial charge < -0.3 is 15.3 Å². The summed E-state index contributed by atoms with van der Waals surface area (Å²) in [5.74, 6) is 8.65. The lowest BCUT2D eigenvalue weighted by molar-refractivity contribution is 0.0221. The molecule has 0 radical (unpaired) electrons. The fourth-order valence-corrected chi connectivity index (χ4v) is 7.01. The minimum atomic E-state index is -0.627. The summed E-state index contributed by atoms with van der Waals surface area (Å²) in [6.07, 6.45) is 14.7. The molecule has 3 nitrogen and oxygen atoms in total. The summed E-state index contributed by atoms with van der Waals surface area (Å²) in [7, 11) is 0. The van der Waals surface area contributed by atoms with Crippen molar-refractivity contribution in [2.75, 3.05) is 0 Å². The first-order valence-electron chi connectivity index (χ1n) is 13.8. The van der Waals surface area contributed by atoms with Crippen LogP contribution in [0.15, 0.2) is 35.5 Å². The number of fused-ring (bicyclic) bond motifs is 1. The molecule has 0 heterocycles. The molecule has 3 N–H and O–H groups in total. The Bertz CT molecular complexity index is 836. The van der Waals surface area contributed by atoms with Crippen LogP contribution in [0, 0.1) is 35.0 Å². The number of rotatable bonds is 7. The topological polar surface area (TPSA) is 60.7 Å². The highest BCUT2D eigenvalue weighted by atomic mass is 16.3. The zero-order valence-corrected chi connectivity index (χ0v) is 22.1. The number of allylic oxidation sites excluding steroid dienone is 3. The highest BCUT2D eigenvalue weighted by Gasteiger charge is 2.50. The molecule has 3 fully saturated rings. The van der Waals surface area contributed by atoms with Gasteiger partial charge in [0.2, 0.25) is 0 Å². The van der Waals surface area contributed by atoms with Crippen LogP contribution in [0.2, 0.25) is 0 Å². The third-order valence-electron chi connectivity index (χ3n) is 9.50. The van der Waals surface area contributed by atoms with Crippen molar-refractivity contribution in [3.05, 3.63) is 35.5 Å². The van der Waals surface area contributed by atoms with Gasteiger partial charge in [-0.15, -0.1) is 5.92 Å². The van der Waals surface area contributed by atoms with E-state index in [4.69, 9.17) is 0 Å². The molecular weight excluding hydrogens is 420 g/mol. The van der Waals surface area contributed by atoms with Crippen LogP contribution >= 0.6 is 0 Å². The van der Waals surface area contributed by atoms with Crippen LogP contribution in [0.1, 0.15) is 105 Å². The molecule has 0 amide bonds. The molecule has 3 saturated carbocycles. The van der Waals surface area contributed by atoms with Crippen LogP contribution in [-0.2, 0) is 0 Å². The van der Waals surface area contributed by atoms with E-state index in [2.05, 4.69) is 58.3 Å². The number of unbranched alkanes of at least 4 members (excludes halogenated alkanes) is 1. The van der Waals surface area contributed by atoms with E-state index in [9.17, 15) is 15.3 Å². The largest absolute Gasteiger partial charge is 0.393 e. The summed E-state index contributed by atoms with van der Waals surface area (Å²) in [6, 6.07) is 0. The molecule has 6 atom stereocenters. The van der Waals surface area contributed by atoms with E-state index < -0.39 is 17.8 Å². The predicted octanol–water partition coefficient (Wildman–Crippen LogP) is 6.49. The van der Waals surface area contributed by atoms with Crippen molar-refractivity contribution in [1.82, 2.24) is 0 Å². The summed E-state index contributed by atoms with van der Waals surface area (Å²) in [6.45, 7) is 13.0. The Hall–Kier alpha value is -1.34. The molecule has 3 aliphatic carbocycles. The SMILES string of the molecule is C=C1/C(=C\C=C2/CCC[C@]3(C)[C@@H]([C@@H](C)C#CCCCC(O)(CC)CC)CC[C@@H]23)C[C@@H](O)C[C@@H]1O. The van der Waals surface area contributed by atoms with Gasteiger partial charge in [-0.25, -0.2) is 0 Å². The number of aliphatic hydroxyl groups is 3. The molecule has 0 unspecified atom stereocenters. The average Bonchev–Trinajstić information content (AvgIpc) is 3.17. The van der Waals surface area contributed by atoms with Gasteiger partial charge in [-0.3, -0.25) is 0 Å². The van der Waals surface area contributed by atoms with Crippen LogP contribution in [-0.4, -0.2) is 33.1 Å². The summed E-state index contributed by atoms with van der Waals surface area (Å²) in [5, 5.41) is 30.7. The molecule has 34 heavy (non-hydrogen) atoms. The van der Waals surface area contributed by atoms with E-state index in [1.807, 2.05) is 0 Å². The maximum Gasteiger partial charge on any atom is 0.0811 e. The molecule has 3 aliphatic rings. The first kappa shape index (κ1) is 27.3. The van der Waals surface area contributed by atoms with Gasteiger partial charge in [-0.2, -0.15) is 0 Å². The summed E-state index contributed by atoms with van der Waals surface area (Å²) in [4.78, 5) is 0. The molecule has 190 valence electrons. The van der Waals surface area contributed by atoms with Crippen LogP contribution in [0.5, 0.6) is 0 Å². The van der Waals surface area contributed by atoms with Gasteiger partial charge in [-0.1, -0.05) is 57.9 Å². The van der Waals surface area contributed by atoms with Crippen molar-refractivity contribution >= 4 is 0 Å². The van der Waals surface area contributed by atoms with Crippen molar-refractivity contribution in [2.45, 2.75) is 123 Å². The summed E-state index contributed by atoms with van der Waals surface area (Å²) in [5.41, 5.74) is 3.08. The second-order valence-corrected chi connectivity index (χ2v) is 11.6. The monoisotopic (exact) mass is 468 g/mol. The molecule has 0 aromatic heterocycles. The van der Waals surface area contributed by atoms with E-state index in [0.29, 0.717) is 36.0 Å². The second-order valence-electron chi connectivity index (χ2n) is 11.6. The second kappa shape index (κ2) is 11.6. The Morgan fingerprint density at radius 3 is 2.65 bits per heavy atom.